The zero-order chi connectivity index (χ0) is 17.6. The zero-order valence-electron chi connectivity index (χ0n) is 14.8. The van der Waals surface area contributed by atoms with Crippen molar-refractivity contribution in [3.05, 3.63) is 35.9 Å². The van der Waals surface area contributed by atoms with Crippen molar-refractivity contribution < 1.29 is 19.1 Å². The second-order valence-electron chi connectivity index (χ2n) is 6.77. The summed E-state index contributed by atoms with van der Waals surface area (Å²) in [6.45, 7) is 7.56. The molecule has 1 atom stereocenters. The summed E-state index contributed by atoms with van der Waals surface area (Å²) in [5.74, 6) is -0.0434. The molecule has 0 aliphatic carbocycles. The fraction of sp³-hybridized carbons (Fsp3) is 0.579. The molecule has 1 fully saturated rings. The predicted molar refractivity (Wildman–Crippen MR) is 91.6 cm³/mol. The van der Waals surface area contributed by atoms with Crippen LogP contribution < -0.4 is 0 Å². The molecule has 0 aromatic heterocycles. The molecular formula is C19H27NO4. The predicted octanol–water partition coefficient (Wildman–Crippen LogP) is 3.42. The van der Waals surface area contributed by atoms with Crippen LogP contribution in [0.5, 0.6) is 0 Å². The third kappa shape index (κ3) is 4.57. The summed E-state index contributed by atoms with van der Waals surface area (Å²) in [4.78, 5) is 25.9. The molecule has 1 saturated heterocycles. The van der Waals surface area contributed by atoms with Gasteiger partial charge >= 0.3 is 6.09 Å². The standard InChI is InChI=1S/C19H27NO4/c1-15(8-7-12-23-14-16-9-5-4-6-10-16)17(21)19(2,3)20-11-13-24-18(20)22/h4-6,9-10,15H,7-8,11-14H2,1-3H3. The second-order valence-corrected chi connectivity index (χ2v) is 6.77. The van der Waals surface area contributed by atoms with Crippen molar-refractivity contribution in [2.24, 2.45) is 5.92 Å². The van der Waals surface area contributed by atoms with Crippen LogP contribution in [0, 0.1) is 5.92 Å². The minimum Gasteiger partial charge on any atom is -0.448 e. The van der Waals surface area contributed by atoms with Crippen molar-refractivity contribution in [3.8, 4) is 0 Å². The van der Waals surface area contributed by atoms with Gasteiger partial charge in [-0.2, -0.15) is 0 Å². The van der Waals surface area contributed by atoms with E-state index < -0.39 is 11.6 Å². The second kappa shape index (κ2) is 8.29. The van der Waals surface area contributed by atoms with E-state index in [0.29, 0.717) is 26.4 Å². The lowest BCUT2D eigenvalue weighted by atomic mass is 9.86. The molecular weight excluding hydrogens is 306 g/mol. The molecule has 1 aromatic carbocycles. The fourth-order valence-electron chi connectivity index (χ4n) is 3.02. The van der Waals surface area contributed by atoms with Crippen LogP contribution in [0.3, 0.4) is 0 Å². The Hall–Kier alpha value is -1.88. The highest BCUT2D eigenvalue weighted by atomic mass is 16.6. The number of carbonyl (C=O) groups is 2. The Labute approximate surface area is 143 Å². The molecule has 24 heavy (non-hydrogen) atoms. The molecule has 1 heterocycles. The molecule has 0 radical (unpaired) electrons. The van der Waals surface area contributed by atoms with Crippen LogP contribution in [-0.2, 0) is 20.9 Å². The summed E-state index contributed by atoms with van der Waals surface area (Å²) in [5, 5.41) is 0. The van der Waals surface area contributed by atoms with Gasteiger partial charge in [-0.25, -0.2) is 4.79 Å². The fourth-order valence-corrected chi connectivity index (χ4v) is 3.02. The minimum atomic E-state index is -0.822. The van der Waals surface area contributed by atoms with Crippen LogP contribution >= 0.6 is 0 Å². The van der Waals surface area contributed by atoms with Gasteiger partial charge in [0.25, 0.3) is 0 Å². The number of amides is 1. The molecule has 0 N–H and O–H groups in total. The minimum absolute atomic E-state index is 0.0735. The Morgan fingerprint density at radius 1 is 1.33 bits per heavy atom. The molecule has 5 heteroatoms. The van der Waals surface area contributed by atoms with E-state index in [2.05, 4.69) is 0 Å². The number of rotatable bonds is 9. The normalized spacial score (nSPS) is 16.1. The number of Topliss-reactive ketones (excluding diaryl/α,β-unsaturated/α-hetero) is 1. The summed E-state index contributed by atoms with van der Waals surface area (Å²) in [7, 11) is 0. The third-order valence-electron chi connectivity index (χ3n) is 4.52. The lowest BCUT2D eigenvalue weighted by Crippen LogP contribution is -2.52. The van der Waals surface area contributed by atoms with Gasteiger partial charge in [-0.3, -0.25) is 9.69 Å². The number of ketones is 1. The van der Waals surface area contributed by atoms with Crippen molar-refractivity contribution in [2.45, 2.75) is 45.8 Å². The number of nitrogens with zero attached hydrogens (tertiary/aromatic N) is 1. The number of hydrogen-bond acceptors (Lipinski definition) is 4. The van der Waals surface area contributed by atoms with E-state index in [1.807, 2.05) is 37.3 Å². The lowest BCUT2D eigenvalue weighted by molar-refractivity contribution is -0.131. The van der Waals surface area contributed by atoms with Crippen LogP contribution in [0.25, 0.3) is 0 Å². The van der Waals surface area contributed by atoms with Crippen LogP contribution in [0.15, 0.2) is 30.3 Å². The van der Waals surface area contributed by atoms with E-state index in [4.69, 9.17) is 9.47 Å². The summed E-state index contributed by atoms with van der Waals surface area (Å²) >= 11 is 0. The molecule has 1 aromatic rings. The molecule has 1 aliphatic heterocycles. The molecule has 5 nitrogen and oxygen atoms in total. The van der Waals surface area contributed by atoms with Crippen LogP contribution in [0.4, 0.5) is 4.79 Å². The topological polar surface area (TPSA) is 55.8 Å². The van der Waals surface area contributed by atoms with Gasteiger partial charge in [0.1, 0.15) is 6.61 Å². The van der Waals surface area contributed by atoms with E-state index in [1.165, 1.54) is 4.90 Å². The molecule has 0 saturated carbocycles. The highest BCUT2D eigenvalue weighted by Crippen LogP contribution is 2.25. The maximum Gasteiger partial charge on any atom is 0.410 e. The molecule has 1 aliphatic rings. The third-order valence-corrected chi connectivity index (χ3v) is 4.52. The number of ether oxygens (including phenoxy) is 2. The summed E-state index contributed by atoms with van der Waals surface area (Å²) < 4.78 is 10.6. The Bertz CT molecular complexity index is 556. The van der Waals surface area contributed by atoms with Gasteiger partial charge in [0.15, 0.2) is 5.78 Å². The van der Waals surface area contributed by atoms with Gasteiger partial charge in [0.05, 0.1) is 18.7 Å². The van der Waals surface area contributed by atoms with E-state index in [1.54, 1.807) is 13.8 Å². The molecule has 1 unspecified atom stereocenters. The first-order chi connectivity index (χ1) is 11.4. The van der Waals surface area contributed by atoms with E-state index in [9.17, 15) is 9.59 Å². The van der Waals surface area contributed by atoms with E-state index >= 15 is 0 Å². The molecule has 0 bridgehead atoms. The highest BCUT2D eigenvalue weighted by Gasteiger charge is 2.42. The zero-order valence-corrected chi connectivity index (χ0v) is 14.8. The number of cyclic esters (lactones) is 1. The van der Waals surface area contributed by atoms with Gasteiger partial charge in [-0.05, 0) is 32.3 Å². The number of benzene rings is 1. The monoisotopic (exact) mass is 333 g/mol. The van der Waals surface area contributed by atoms with Crippen molar-refractivity contribution in [3.63, 3.8) is 0 Å². The smallest absolute Gasteiger partial charge is 0.410 e. The van der Waals surface area contributed by atoms with Crippen molar-refractivity contribution in [1.82, 2.24) is 4.90 Å². The van der Waals surface area contributed by atoms with E-state index in [-0.39, 0.29) is 11.7 Å². The lowest BCUT2D eigenvalue weighted by Gasteiger charge is -2.34. The maximum absolute atomic E-state index is 12.7. The first-order valence-corrected chi connectivity index (χ1v) is 8.53. The van der Waals surface area contributed by atoms with Gasteiger partial charge in [0, 0.05) is 12.5 Å². The number of hydrogen-bond donors (Lipinski definition) is 0. The first-order valence-electron chi connectivity index (χ1n) is 8.53. The van der Waals surface area contributed by atoms with Gasteiger partial charge in [-0.15, -0.1) is 0 Å². The van der Waals surface area contributed by atoms with Crippen LogP contribution in [-0.4, -0.2) is 42.1 Å². The first kappa shape index (κ1) is 18.5. The van der Waals surface area contributed by atoms with Gasteiger partial charge < -0.3 is 9.47 Å². The average Bonchev–Trinajstić information content (AvgIpc) is 3.01. The highest BCUT2D eigenvalue weighted by molar-refractivity contribution is 5.92. The molecule has 132 valence electrons. The summed E-state index contributed by atoms with van der Waals surface area (Å²) in [6.07, 6.45) is 1.17. The summed E-state index contributed by atoms with van der Waals surface area (Å²) in [5.41, 5.74) is 0.327. The average molecular weight is 333 g/mol. The summed E-state index contributed by atoms with van der Waals surface area (Å²) in [6, 6.07) is 10.0. The van der Waals surface area contributed by atoms with Crippen LogP contribution in [0.1, 0.15) is 39.2 Å². The molecule has 1 amide bonds. The quantitative estimate of drug-likeness (QED) is 0.650. The van der Waals surface area contributed by atoms with Crippen molar-refractivity contribution in [1.29, 1.82) is 0 Å². The van der Waals surface area contributed by atoms with Crippen molar-refractivity contribution >= 4 is 11.9 Å². The maximum atomic E-state index is 12.7. The number of carbonyl (C=O) groups excluding carboxylic acids is 2. The Balaban J connectivity index is 1.72. The molecule has 2 rings (SSSR count). The Morgan fingerprint density at radius 3 is 2.67 bits per heavy atom. The Kier molecular flexibility index (Phi) is 6.37. The van der Waals surface area contributed by atoms with Gasteiger partial charge in [-0.1, -0.05) is 37.3 Å². The van der Waals surface area contributed by atoms with Crippen LogP contribution in [0.2, 0.25) is 0 Å². The molecule has 0 spiro atoms. The Morgan fingerprint density at radius 2 is 2.04 bits per heavy atom. The van der Waals surface area contributed by atoms with Crippen molar-refractivity contribution in [2.75, 3.05) is 19.8 Å². The van der Waals surface area contributed by atoms with E-state index in [0.717, 1.165) is 18.4 Å². The van der Waals surface area contributed by atoms with Gasteiger partial charge in [0.2, 0.25) is 0 Å². The SMILES string of the molecule is CC(CCCOCc1ccccc1)C(=O)C(C)(C)N1CCOC1=O. The largest absolute Gasteiger partial charge is 0.448 e.